The maximum absolute atomic E-state index is 13.7. The lowest BCUT2D eigenvalue weighted by Gasteiger charge is -2.54. The number of benzene rings is 1. The number of nitrogens with one attached hydrogen (secondary N) is 5. The number of halogens is 1. The number of unbranched alkanes of at least 4 members (excludes halogenated alkanes) is 1. The van der Waals surface area contributed by atoms with Gasteiger partial charge in [-0.15, -0.1) is 0 Å². The summed E-state index contributed by atoms with van der Waals surface area (Å²) in [6.45, 7) is 12.0. The average Bonchev–Trinajstić information content (AvgIpc) is 3.31. The van der Waals surface area contributed by atoms with Crippen LogP contribution >= 0.6 is 11.6 Å². The first-order valence-corrected chi connectivity index (χ1v) is 20.8. The molecule has 19 heteroatoms. The number of hydrogen-bond acceptors (Lipinski definition) is 12. The van der Waals surface area contributed by atoms with Crippen LogP contribution in [-0.4, -0.2) is 114 Å². The van der Waals surface area contributed by atoms with Crippen molar-refractivity contribution in [2.75, 3.05) is 19.7 Å². The summed E-state index contributed by atoms with van der Waals surface area (Å²) in [5.74, 6) is -2.70. The topological polar surface area (TPSA) is 262 Å². The molecule has 2 aromatic rings. The molecule has 5 rings (SSSR count). The number of rotatable bonds is 19. The maximum Gasteiger partial charge on any atom is 0.480 e. The summed E-state index contributed by atoms with van der Waals surface area (Å²) >= 11 is 5.95. The Morgan fingerprint density at radius 3 is 2.14 bits per heavy atom. The number of aliphatic hydroxyl groups is 1. The Hall–Kier alpha value is -4.20. The van der Waals surface area contributed by atoms with Crippen LogP contribution in [0.1, 0.15) is 90.4 Å². The Morgan fingerprint density at radius 2 is 1.53 bits per heavy atom. The summed E-state index contributed by atoms with van der Waals surface area (Å²) in [5, 5.41) is 24.3. The van der Waals surface area contributed by atoms with Gasteiger partial charge in [-0.1, -0.05) is 25.4 Å². The SMILES string of the molecule is CC(NC(=O)C(CCCCN)NC(=O)C(C)NC(=O)C(NC(=O)C(CCN)NC(=O)c1cnc(-c2ccc(Cl)cc2)nc1)C(C)O)B1OCCC2CC(C(C)O1)C2(C)C. The van der Waals surface area contributed by atoms with Crippen LogP contribution in [0.3, 0.4) is 0 Å². The number of aliphatic hydroxyl groups excluding tert-OH is 1. The van der Waals surface area contributed by atoms with Crippen molar-refractivity contribution in [2.45, 2.75) is 122 Å². The van der Waals surface area contributed by atoms with Gasteiger partial charge in [0.15, 0.2) is 5.82 Å². The minimum Gasteiger partial charge on any atom is -0.410 e. The van der Waals surface area contributed by atoms with Gasteiger partial charge in [-0.05, 0) is 121 Å². The smallest absolute Gasteiger partial charge is 0.410 e. The average molecular weight is 842 g/mol. The Bertz CT molecular complexity index is 1740. The van der Waals surface area contributed by atoms with E-state index in [1.807, 2.05) is 6.92 Å². The van der Waals surface area contributed by atoms with Crippen LogP contribution in [0.5, 0.6) is 0 Å². The van der Waals surface area contributed by atoms with Crippen molar-refractivity contribution in [1.82, 2.24) is 36.6 Å². The quantitative estimate of drug-likeness (QED) is 0.0735. The predicted octanol–water partition coefficient (Wildman–Crippen LogP) is 1.25. The van der Waals surface area contributed by atoms with Gasteiger partial charge in [0.05, 0.1) is 17.6 Å². The van der Waals surface area contributed by atoms with Crippen molar-refractivity contribution in [3.05, 3.63) is 47.2 Å². The molecule has 1 aromatic heterocycles. The van der Waals surface area contributed by atoms with E-state index in [1.165, 1.54) is 26.2 Å². The Morgan fingerprint density at radius 1 is 0.881 bits per heavy atom. The second-order valence-corrected chi connectivity index (χ2v) is 16.7. The molecule has 0 spiro atoms. The molecule has 5 amide bonds. The molecule has 2 saturated heterocycles. The molecule has 1 aromatic carbocycles. The number of hydrogen-bond donors (Lipinski definition) is 8. The number of nitrogens with zero attached hydrogens (tertiary/aromatic N) is 2. The van der Waals surface area contributed by atoms with Gasteiger partial charge in [-0.25, -0.2) is 9.97 Å². The molecule has 3 fully saturated rings. The van der Waals surface area contributed by atoms with Crippen molar-refractivity contribution in [1.29, 1.82) is 0 Å². The molecule has 3 heterocycles. The summed E-state index contributed by atoms with van der Waals surface area (Å²) in [6.07, 6.45) is 4.56. The minimum absolute atomic E-state index is 0.00233. The lowest BCUT2D eigenvalue weighted by molar-refractivity contribution is -0.135. The molecule has 9 atom stereocenters. The van der Waals surface area contributed by atoms with Crippen molar-refractivity contribution >= 4 is 48.3 Å². The number of carbonyl (C=O) groups is 5. The monoisotopic (exact) mass is 841 g/mol. The van der Waals surface area contributed by atoms with E-state index in [1.54, 1.807) is 31.2 Å². The molecule has 3 aliphatic rings. The van der Waals surface area contributed by atoms with E-state index < -0.39 is 72.9 Å². The van der Waals surface area contributed by atoms with Crippen molar-refractivity contribution < 1.29 is 38.4 Å². The number of amides is 5. The highest BCUT2D eigenvalue weighted by atomic mass is 35.5. The van der Waals surface area contributed by atoms with Crippen molar-refractivity contribution in [3.8, 4) is 11.4 Å². The Kier molecular flexibility index (Phi) is 17.6. The third-order valence-corrected chi connectivity index (χ3v) is 11.7. The van der Waals surface area contributed by atoms with Gasteiger partial charge in [-0.3, -0.25) is 24.0 Å². The van der Waals surface area contributed by atoms with E-state index in [0.717, 1.165) is 12.8 Å². The third kappa shape index (κ3) is 12.9. The lowest BCUT2D eigenvalue weighted by atomic mass is 9.52. The second-order valence-electron chi connectivity index (χ2n) is 16.2. The van der Waals surface area contributed by atoms with E-state index in [-0.39, 0.29) is 36.5 Å². The first-order chi connectivity index (χ1) is 28.0. The summed E-state index contributed by atoms with van der Waals surface area (Å²) in [4.78, 5) is 75.5. The number of carbonyl (C=O) groups excluding carboxylic acids is 5. The zero-order valence-electron chi connectivity index (χ0n) is 34.8. The van der Waals surface area contributed by atoms with E-state index >= 15 is 0 Å². The molecular weight excluding hydrogens is 781 g/mol. The van der Waals surface area contributed by atoms with Crippen LogP contribution in [-0.2, 0) is 28.5 Å². The Balaban J connectivity index is 1.34. The number of fused-ring (bicyclic) bond motifs is 5. The first kappa shape index (κ1) is 47.5. The molecule has 17 nitrogen and oxygen atoms in total. The molecule has 1 saturated carbocycles. The molecule has 2 aliphatic heterocycles. The summed E-state index contributed by atoms with van der Waals surface area (Å²) in [5.41, 5.74) is 12.3. The zero-order valence-corrected chi connectivity index (χ0v) is 35.6. The first-order valence-electron chi connectivity index (χ1n) is 20.4. The van der Waals surface area contributed by atoms with E-state index in [4.69, 9.17) is 32.4 Å². The molecule has 1 aliphatic carbocycles. The predicted molar refractivity (Wildman–Crippen MR) is 223 cm³/mol. The standard InChI is InChI=1S/C40H61BClN9O8/c1-22(35(53)49-31(9-7-8-16-43)37(55)48-25(4)41-58-18-15-28-19-30(24(3)59-41)40(28,5)6)47-39(57)33(23(2)52)51-38(56)32(14-17-44)50-36(54)27-20-45-34(46-21-27)26-10-12-29(42)13-11-26/h10-13,20-25,28,30-33,52H,7-9,14-19,43-44H2,1-6H3,(H,47,57)(H,48,55)(H,49,53)(H,50,54)(H,51,56). The molecule has 0 radical (unpaired) electrons. The lowest BCUT2D eigenvalue weighted by Crippen LogP contribution is -2.60. The minimum atomic E-state index is -1.52. The number of aromatic nitrogens is 2. The fourth-order valence-electron chi connectivity index (χ4n) is 7.63. The molecule has 10 N–H and O–H groups in total. The highest BCUT2D eigenvalue weighted by Gasteiger charge is 2.52. The van der Waals surface area contributed by atoms with Crippen LogP contribution in [0, 0.1) is 17.3 Å². The molecule has 324 valence electrons. The van der Waals surface area contributed by atoms with E-state index in [2.05, 4.69) is 50.4 Å². The van der Waals surface area contributed by atoms with Crippen LogP contribution in [0.15, 0.2) is 36.7 Å². The van der Waals surface area contributed by atoms with Crippen molar-refractivity contribution in [3.63, 3.8) is 0 Å². The summed E-state index contributed by atoms with van der Waals surface area (Å²) < 4.78 is 12.5. The molecule has 59 heavy (non-hydrogen) atoms. The van der Waals surface area contributed by atoms with E-state index in [9.17, 15) is 29.1 Å². The van der Waals surface area contributed by atoms with Gasteiger partial charge in [-0.2, -0.15) is 0 Å². The van der Waals surface area contributed by atoms with Crippen LogP contribution in [0.4, 0.5) is 0 Å². The van der Waals surface area contributed by atoms with Gasteiger partial charge in [0, 0.05) is 35.7 Å². The normalized spacial score (nSPS) is 21.7. The largest absolute Gasteiger partial charge is 0.480 e. The fourth-order valence-corrected chi connectivity index (χ4v) is 7.75. The van der Waals surface area contributed by atoms with Crippen LogP contribution in [0.2, 0.25) is 5.02 Å². The van der Waals surface area contributed by atoms with Crippen LogP contribution in [0.25, 0.3) is 11.4 Å². The number of nitrogens with two attached hydrogens (primary N) is 2. The molecule has 2 bridgehead atoms. The van der Waals surface area contributed by atoms with Gasteiger partial charge in [0.2, 0.25) is 23.6 Å². The zero-order chi connectivity index (χ0) is 43.4. The Labute approximate surface area is 351 Å². The van der Waals surface area contributed by atoms with Gasteiger partial charge in [0.1, 0.15) is 24.2 Å². The van der Waals surface area contributed by atoms with Crippen molar-refractivity contribution in [2.24, 2.45) is 28.7 Å². The third-order valence-electron chi connectivity index (χ3n) is 11.5. The van der Waals surface area contributed by atoms with Crippen LogP contribution < -0.4 is 38.1 Å². The summed E-state index contributed by atoms with van der Waals surface area (Å²) in [7, 11) is -0.686. The maximum atomic E-state index is 13.7. The van der Waals surface area contributed by atoms with Gasteiger partial charge >= 0.3 is 7.12 Å². The molecule has 9 unspecified atom stereocenters. The highest BCUT2D eigenvalue weighted by Crippen LogP contribution is 2.55. The highest BCUT2D eigenvalue weighted by molar-refractivity contribution is 6.46. The molecular formula is C40H61BClN9O8. The summed E-state index contributed by atoms with van der Waals surface area (Å²) in [6, 6.07) is 1.97. The second kappa shape index (κ2) is 21.9. The fraction of sp³-hybridized carbons (Fsp3) is 0.625. The van der Waals surface area contributed by atoms with Gasteiger partial charge in [0.25, 0.3) is 5.91 Å². The van der Waals surface area contributed by atoms with E-state index in [0.29, 0.717) is 54.2 Å². The van der Waals surface area contributed by atoms with Gasteiger partial charge < -0.3 is 52.5 Å².